The predicted molar refractivity (Wildman–Crippen MR) is 128 cm³/mol. The Morgan fingerprint density at radius 3 is 2.86 bits per heavy atom. The summed E-state index contributed by atoms with van der Waals surface area (Å²) in [5, 5.41) is 14.8. The lowest BCUT2D eigenvalue weighted by Crippen LogP contribution is -2.32. The van der Waals surface area contributed by atoms with Crippen molar-refractivity contribution in [2.24, 2.45) is 11.0 Å². The molecule has 1 aliphatic carbocycles. The maximum absolute atomic E-state index is 13.4. The Morgan fingerprint density at radius 1 is 1.14 bits per heavy atom. The van der Waals surface area contributed by atoms with Crippen LogP contribution in [-0.4, -0.2) is 37.6 Å². The standard InChI is InChI=1S/C25H21N5O4S/c31-21(15-35-25-28-27-24(34-25)17-6-2-10-26-14-17)30-23(20-9-4-12-33-20)19-8-1-5-16(22(19)29-30)13-18-7-3-11-32-18/h2-4,6-7,9-14,19,23H,1,5,8,15H2/b16-13+. The maximum Gasteiger partial charge on any atom is 0.277 e. The Labute approximate surface area is 204 Å². The van der Waals surface area contributed by atoms with E-state index in [2.05, 4.69) is 15.2 Å². The SMILES string of the molecule is O=C(CSc1nnc(-c2cccnc2)o1)N1N=C2/C(=C/c3ccco3)CCCC2C1c1ccco1. The average Bonchev–Trinajstić information content (AvgIpc) is 3.69. The van der Waals surface area contributed by atoms with E-state index >= 15 is 0 Å². The smallest absolute Gasteiger partial charge is 0.277 e. The van der Waals surface area contributed by atoms with Crippen molar-refractivity contribution in [2.75, 3.05) is 5.75 Å². The number of furan rings is 2. The number of thioether (sulfide) groups is 1. The summed E-state index contributed by atoms with van der Waals surface area (Å²) >= 11 is 1.19. The summed E-state index contributed by atoms with van der Waals surface area (Å²) in [6, 6.07) is 10.9. The van der Waals surface area contributed by atoms with Crippen molar-refractivity contribution < 1.29 is 18.0 Å². The van der Waals surface area contributed by atoms with E-state index in [1.165, 1.54) is 11.8 Å². The van der Waals surface area contributed by atoms with E-state index in [9.17, 15) is 4.79 Å². The van der Waals surface area contributed by atoms with Crippen LogP contribution in [0.4, 0.5) is 0 Å². The van der Waals surface area contributed by atoms with Gasteiger partial charge in [-0.25, -0.2) is 5.01 Å². The van der Waals surface area contributed by atoms with Crippen molar-refractivity contribution >= 4 is 29.5 Å². The third-order valence-corrected chi connectivity index (χ3v) is 6.89. The second-order valence-corrected chi connectivity index (χ2v) is 9.20. The summed E-state index contributed by atoms with van der Waals surface area (Å²) in [5.41, 5.74) is 2.74. The van der Waals surface area contributed by atoms with Crippen molar-refractivity contribution in [3.8, 4) is 11.5 Å². The minimum Gasteiger partial charge on any atom is -0.467 e. The number of fused-ring (bicyclic) bond motifs is 1. The van der Waals surface area contributed by atoms with Crippen LogP contribution in [0.25, 0.3) is 17.5 Å². The minimum absolute atomic E-state index is 0.0608. The molecule has 5 heterocycles. The molecule has 1 saturated carbocycles. The summed E-state index contributed by atoms with van der Waals surface area (Å²) in [6.07, 6.45) is 11.4. The molecule has 176 valence electrons. The molecule has 2 aliphatic rings. The molecular weight excluding hydrogens is 466 g/mol. The van der Waals surface area contributed by atoms with Gasteiger partial charge in [0.25, 0.3) is 11.1 Å². The molecule has 0 radical (unpaired) electrons. The van der Waals surface area contributed by atoms with Crippen LogP contribution in [-0.2, 0) is 4.79 Å². The largest absolute Gasteiger partial charge is 0.467 e. The third-order valence-electron chi connectivity index (χ3n) is 6.09. The van der Waals surface area contributed by atoms with Crippen molar-refractivity contribution in [3.63, 3.8) is 0 Å². The summed E-state index contributed by atoms with van der Waals surface area (Å²) in [4.78, 5) is 17.5. The molecule has 1 amide bonds. The third kappa shape index (κ3) is 4.32. The first-order valence-electron chi connectivity index (χ1n) is 11.3. The Bertz CT molecular complexity index is 1360. The fraction of sp³-hybridized carbons (Fsp3) is 0.240. The monoisotopic (exact) mass is 487 g/mol. The molecular formula is C25H21N5O4S. The number of amides is 1. The van der Waals surface area contributed by atoms with Crippen molar-refractivity contribution in [1.29, 1.82) is 0 Å². The van der Waals surface area contributed by atoms with Crippen molar-refractivity contribution in [1.82, 2.24) is 20.2 Å². The lowest BCUT2D eigenvalue weighted by molar-refractivity contribution is -0.131. The zero-order valence-electron chi connectivity index (χ0n) is 18.6. The van der Waals surface area contributed by atoms with E-state index in [0.717, 1.165) is 47.6 Å². The van der Waals surface area contributed by atoms with E-state index in [0.29, 0.717) is 11.1 Å². The molecule has 4 aromatic heterocycles. The number of aromatic nitrogens is 3. The molecule has 0 N–H and O–H groups in total. The molecule has 35 heavy (non-hydrogen) atoms. The number of nitrogens with zero attached hydrogens (tertiary/aromatic N) is 5. The maximum atomic E-state index is 13.4. The van der Waals surface area contributed by atoms with E-state index in [4.69, 9.17) is 18.4 Å². The summed E-state index contributed by atoms with van der Waals surface area (Å²) < 4.78 is 17.0. The quantitative estimate of drug-likeness (QED) is 0.340. The van der Waals surface area contributed by atoms with Crippen molar-refractivity contribution in [3.05, 3.63) is 78.4 Å². The number of hydrogen-bond acceptors (Lipinski definition) is 9. The Balaban J connectivity index is 1.24. The lowest BCUT2D eigenvalue weighted by Gasteiger charge is -2.27. The number of hydrogen-bond donors (Lipinski definition) is 0. The Hall–Kier alpha value is -3.92. The fourth-order valence-electron chi connectivity index (χ4n) is 4.55. The molecule has 10 heteroatoms. The van der Waals surface area contributed by atoms with Gasteiger partial charge in [-0.1, -0.05) is 11.8 Å². The molecule has 0 spiro atoms. The molecule has 1 aliphatic heterocycles. The Kier molecular flexibility index (Phi) is 5.79. The van der Waals surface area contributed by atoms with Crippen LogP contribution in [0.1, 0.15) is 36.8 Å². The highest BCUT2D eigenvalue weighted by molar-refractivity contribution is 7.99. The van der Waals surface area contributed by atoms with Crippen LogP contribution in [0.2, 0.25) is 0 Å². The summed E-state index contributed by atoms with van der Waals surface area (Å²) in [5.74, 6) is 1.87. The lowest BCUT2D eigenvalue weighted by atomic mass is 9.79. The molecule has 2 atom stereocenters. The van der Waals surface area contributed by atoms with Crippen LogP contribution in [0.5, 0.6) is 0 Å². The summed E-state index contributed by atoms with van der Waals surface area (Å²) in [6.45, 7) is 0. The molecule has 9 nitrogen and oxygen atoms in total. The van der Waals surface area contributed by atoms with Gasteiger partial charge in [-0.05, 0) is 67.3 Å². The van der Waals surface area contributed by atoms with Gasteiger partial charge in [-0.15, -0.1) is 10.2 Å². The zero-order valence-corrected chi connectivity index (χ0v) is 19.4. The first-order chi connectivity index (χ1) is 17.3. The topological polar surface area (TPSA) is 111 Å². The minimum atomic E-state index is -0.290. The zero-order chi connectivity index (χ0) is 23.6. The van der Waals surface area contributed by atoms with Crippen LogP contribution < -0.4 is 0 Å². The first-order valence-corrected chi connectivity index (χ1v) is 12.3. The van der Waals surface area contributed by atoms with Gasteiger partial charge in [-0.2, -0.15) is 5.10 Å². The number of carbonyl (C=O) groups excluding carboxylic acids is 1. The number of pyridine rings is 1. The fourth-order valence-corrected chi connectivity index (χ4v) is 5.17. The van der Waals surface area contributed by atoms with E-state index < -0.39 is 0 Å². The molecule has 0 aromatic carbocycles. The second kappa shape index (κ2) is 9.38. The van der Waals surface area contributed by atoms with E-state index in [1.54, 1.807) is 36.0 Å². The van der Waals surface area contributed by atoms with Gasteiger partial charge in [0, 0.05) is 18.3 Å². The van der Waals surface area contributed by atoms with Gasteiger partial charge < -0.3 is 13.3 Å². The molecule has 1 fully saturated rings. The van der Waals surface area contributed by atoms with Crippen LogP contribution in [0.15, 0.2) is 90.5 Å². The van der Waals surface area contributed by atoms with Crippen LogP contribution in [0, 0.1) is 5.92 Å². The van der Waals surface area contributed by atoms with E-state index in [1.807, 2.05) is 36.4 Å². The highest BCUT2D eigenvalue weighted by atomic mass is 32.2. The number of hydrazone groups is 1. The number of rotatable bonds is 6. The van der Waals surface area contributed by atoms with Crippen LogP contribution in [0.3, 0.4) is 0 Å². The van der Waals surface area contributed by atoms with Gasteiger partial charge >= 0.3 is 0 Å². The van der Waals surface area contributed by atoms with Gasteiger partial charge in [-0.3, -0.25) is 9.78 Å². The molecule has 0 saturated heterocycles. The molecule has 4 aromatic rings. The Morgan fingerprint density at radius 2 is 2.06 bits per heavy atom. The normalized spacial score (nSPS) is 20.7. The number of carbonyl (C=O) groups is 1. The van der Waals surface area contributed by atoms with E-state index in [-0.39, 0.29) is 23.6 Å². The average molecular weight is 488 g/mol. The number of allylic oxidation sites excluding steroid dienone is 1. The van der Waals surface area contributed by atoms with Gasteiger partial charge in [0.05, 0.1) is 29.6 Å². The summed E-state index contributed by atoms with van der Waals surface area (Å²) in [7, 11) is 0. The first kappa shape index (κ1) is 21.6. The van der Waals surface area contributed by atoms with Gasteiger partial charge in [0.1, 0.15) is 17.6 Å². The molecule has 0 bridgehead atoms. The van der Waals surface area contributed by atoms with Gasteiger partial charge in [0.15, 0.2) is 0 Å². The van der Waals surface area contributed by atoms with Crippen LogP contribution >= 0.6 is 11.8 Å². The predicted octanol–water partition coefficient (Wildman–Crippen LogP) is 5.23. The highest BCUT2D eigenvalue weighted by Gasteiger charge is 2.45. The highest BCUT2D eigenvalue weighted by Crippen LogP contribution is 2.44. The van der Waals surface area contributed by atoms with Crippen molar-refractivity contribution in [2.45, 2.75) is 30.5 Å². The van der Waals surface area contributed by atoms with Gasteiger partial charge in [0.2, 0.25) is 5.89 Å². The molecule has 2 unspecified atom stereocenters. The molecule has 6 rings (SSSR count). The second-order valence-electron chi connectivity index (χ2n) is 8.27.